The molecule has 8 nitrogen and oxygen atoms in total. The zero-order valence-electron chi connectivity index (χ0n) is 17.4. The highest BCUT2D eigenvalue weighted by Gasteiger charge is 2.12. The summed E-state index contributed by atoms with van der Waals surface area (Å²) in [6.07, 6.45) is 3.23. The first kappa shape index (κ1) is 20.5. The SMILES string of the molecule is CNC(=O)c1cc(Oc2ccc3nc(NC(=O)c4ccc5ncccc5c4)sc3c2)ccn1. The van der Waals surface area contributed by atoms with Gasteiger partial charge in [0.15, 0.2) is 5.13 Å². The molecule has 0 atom stereocenters. The summed E-state index contributed by atoms with van der Waals surface area (Å²) in [6.45, 7) is 0. The lowest BCUT2D eigenvalue weighted by molar-refractivity contribution is 0.0957. The Morgan fingerprint density at radius 1 is 0.879 bits per heavy atom. The molecule has 0 aliphatic rings. The standard InChI is InChI=1S/C24H17N5O3S/c1-25-23(31)20-12-17(8-10-27-20)32-16-5-7-19-21(13-16)33-24(28-19)29-22(30)15-4-6-18-14(11-15)3-2-9-26-18/h2-13H,1H3,(H,25,31)(H,28,29,30). The van der Waals surface area contributed by atoms with E-state index in [0.29, 0.717) is 22.2 Å². The summed E-state index contributed by atoms with van der Waals surface area (Å²) < 4.78 is 6.74. The van der Waals surface area contributed by atoms with Crippen LogP contribution in [0.4, 0.5) is 5.13 Å². The van der Waals surface area contributed by atoms with Gasteiger partial charge in [0.05, 0.1) is 15.7 Å². The summed E-state index contributed by atoms with van der Waals surface area (Å²) in [6, 6.07) is 17.8. The minimum Gasteiger partial charge on any atom is -0.457 e. The van der Waals surface area contributed by atoms with Crippen molar-refractivity contribution in [1.29, 1.82) is 0 Å². The maximum atomic E-state index is 12.7. The van der Waals surface area contributed by atoms with Gasteiger partial charge in [-0.05, 0) is 42.5 Å². The highest BCUT2D eigenvalue weighted by Crippen LogP contribution is 2.31. The van der Waals surface area contributed by atoms with Gasteiger partial charge in [-0.3, -0.25) is 24.9 Å². The Hall–Kier alpha value is -4.37. The van der Waals surface area contributed by atoms with Crippen LogP contribution in [-0.4, -0.2) is 33.8 Å². The van der Waals surface area contributed by atoms with Crippen LogP contribution in [0.25, 0.3) is 21.1 Å². The number of hydrogen-bond acceptors (Lipinski definition) is 7. The Bertz CT molecular complexity index is 1510. The molecule has 5 rings (SSSR count). The zero-order valence-corrected chi connectivity index (χ0v) is 18.2. The summed E-state index contributed by atoms with van der Waals surface area (Å²) in [7, 11) is 1.54. The van der Waals surface area contributed by atoms with E-state index in [-0.39, 0.29) is 17.5 Å². The maximum absolute atomic E-state index is 12.7. The van der Waals surface area contributed by atoms with Crippen LogP contribution >= 0.6 is 11.3 Å². The number of hydrogen-bond donors (Lipinski definition) is 2. The fourth-order valence-corrected chi connectivity index (χ4v) is 4.16. The number of anilines is 1. The topological polar surface area (TPSA) is 106 Å². The Kier molecular flexibility index (Phi) is 5.37. The highest BCUT2D eigenvalue weighted by atomic mass is 32.1. The molecule has 3 heterocycles. The predicted molar refractivity (Wildman–Crippen MR) is 127 cm³/mol. The predicted octanol–water partition coefficient (Wildman–Crippen LogP) is 4.64. The molecule has 0 unspecified atom stereocenters. The molecule has 2 amide bonds. The molecular formula is C24H17N5O3S. The van der Waals surface area contributed by atoms with Crippen molar-refractivity contribution in [3.05, 3.63) is 84.3 Å². The van der Waals surface area contributed by atoms with Crippen LogP contribution in [-0.2, 0) is 0 Å². The molecule has 162 valence electrons. The van der Waals surface area contributed by atoms with Gasteiger partial charge >= 0.3 is 0 Å². The Morgan fingerprint density at radius 3 is 2.61 bits per heavy atom. The number of amides is 2. The van der Waals surface area contributed by atoms with E-state index in [1.54, 1.807) is 43.6 Å². The molecule has 3 aromatic heterocycles. The largest absolute Gasteiger partial charge is 0.457 e. The number of thiazole rings is 1. The van der Waals surface area contributed by atoms with Crippen LogP contribution in [0.2, 0.25) is 0 Å². The van der Waals surface area contributed by atoms with Crippen molar-refractivity contribution >= 4 is 49.4 Å². The van der Waals surface area contributed by atoms with Crippen LogP contribution in [0.5, 0.6) is 11.5 Å². The molecule has 0 spiro atoms. The van der Waals surface area contributed by atoms with E-state index in [2.05, 4.69) is 25.6 Å². The van der Waals surface area contributed by atoms with E-state index in [1.165, 1.54) is 17.5 Å². The van der Waals surface area contributed by atoms with Crippen molar-refractivity contribution < 1.29 is 14.3 Å². The number of pyridine rings is 2. The van der Waals surface area contributed by atoms with Gasteiger partial charge in [-0.2, -0.15) is 0 Å². The smallest absolute Gasteiger partial charge is 0.269 e. The van der Waals surface area contributed by atoms with Crippen molar-refractivity contribution in [2.75, 3.05) is 12.4 Å². The van der Waals surface area contributed by atoms with E-state index < -0.39 is 0 Å². The van der Waals surface area contributed by atoms with Crippen LogP contribution in [0, 0.1) is 0 Å². The van der Waals surface area contributed by atoms with Gasteiger partial charge in [0.25, 0.3) is 11.8 Å². The second-order valence-electron chi connectivity index (χ2n) is 7.07. The molecule has 0 bridgehead atoms. The van der Waals surface area contributed by atoms with E-state index >= 15 is 0 Å². The first-order valence-corrected chi connectivity index (χ1v) is 10.8. The molecule has 0 saturated carbocycles. The summed E-state index contributed by atoms with van der Waals surface area (Å²) >= 11 is 1.35. The minimum absolute atomic E-state index is 0.241. The fourth-order valence-electron chi connectivity index (χ4n) is 3.27. The number of carbonyl (C=O) groups excluding carboxylic acids is 2. The van der Waals surface area contributed by atoms with Crippen LogP contribution < -0.4 is 15.4 Å². The molecular weight excluding hydrogens is 438 g/mol. The van der Waals surface area contributed by atoms with Gasteiger partial charge in [0.2, 0.25) is 0 Å². The second-order valence-corrected chi connectivity index (χ2v) is 8.10. The van der Waals surface area contributed by atoms with Crippen LogP contribution in [0.1, 0.15) is 20.8 Å². The fraction of sp³-hybridized carbons (Fsp3) is 0.0417. The second kappa shape index (κ2) is 8.64. The van der Waals surface area contributed by atoms with Gasteiger partial charge in [0, 0.05) is 42.5 Å². The monoisotopic (exact) mass is 455 g/mol. The third kappa shape index (κ3) is 4.35. The Labute approximate surface area is 192 Å². The number of nitrogens with one attached hydrogen (secondary N) is 2. The molecule has 0 saturated heterocycles. The van der Waals surface area contributed by atoms with E-state index in [4.69, 9.17) is 4.74 Å². The van der Waals surface area contributed by atoms with Gasteiger partial charge < -0.3 is 10.1 Å². The Balaban J connectivity index is 1.34. The van der Waals surface area contributed by atoms with E-state index in [9.17, 15) is 9.59 Å². The molecule has 2 aromatic carbocycles. The number of carbonyl (C=O) groups is 2. The lowest BCUT2D eigenvalue weighted by Crippen LogP contribution is -2.18. The van der Waals surface area contributed by atoms with Crippen molar-refractivity contribution in [1.82, 2.24) is 20.3 Å². The molecule has 2 N–H and O–H groups in total. The summed E-state index contributed by atoms with van der Waals surface area (Å²) in [5, 5.41) is 6.78. The quantitative estimate of drug-likeness (QED) is 0.400. The van der Waals surface area contributed by atoms with Crippen molar-refractivity contribution in [3.63, 3.8) is 0 Å². The molecule has 33 heavy (non-hydrogen) atoms. The normalized spacial score (nSPS) is 10.8. The summed E-state index contributed by atoms with van der Waals surface area (Å²) in [5.74, 6) is 0.545. The average Bonchev–Trinajstić information content (AvgIpc) is 3.24. The molecule has 0 radical (unpaired) electrons. The number of ether oxygens (including phenoxy) is 1. The molecule has 5 aromatic rings. The first-order chi connectivity index (χ1) is 16.1. The number of aromatic nitrogens is 3. The first-order valence-electron chi connectivity index (χ1n) is 10.0. The number of rotatable bonds is 5. The number of fused-ring (bicyclic) bond motifs is 2. The third-order valence-electron chi connectivity index (χ3n) is 4.87. The molecule has 0 aliphatic heterocycles. The van der Waals surface area contributed by atoms with Gasteiger partial charge in [-0.25, -0.2) is 4.98 Å². The lowest BCUT2D eigenvalue weighted by Gasteiger charge is -2.06. The minimum atomic E-state index is -0.290. The average molecular weight is 455 g/mol. The highest BCUT2D eigenvalue weighted by molar-refractivity contribution is 7.22. The van der Waals surface area contributed by atoms with Crippen molar-refractivity contribution in [3.8, 4) is 11.5 Å². The van der Waals surface area contributed by atoms with Crippen LogP contribution in [0.3, 0.4) is 0 Å². The van der Waals surface area contributed by atoms with Gasteiger partial charge in [-0.1, -0.05) is 17.4 Å². The number of nitrogens with zero attached hydrogens (tertiary/aromatic N) is 3. The van der Waals surface area contributed by atoms with Gasteiger partial charge in [-0.15, -0.1) is 0 Å². The van der Waals surface area contributed by atoms with Crippen molar-refractivity contribution in [2.24, 2.45) is 0 Å². The van der Waals surface area contributed by atoms with E-state index in [1.807, 2.05) is 30.3 Å². The maximum Gasteiger partial charge on any atom is 0.269 e. The van der Waals surface area contributed by atoms with E-state index in [0.717, 1.165) is 21.1 Å². The van der Waals surface area contributed by atoms with Crippen molar-refractivity contribution in [2.45, 2.75) is 0 Å². The zero-order chi connectivity index (χ0) is 22.8. The third-order valence-corrected chi connectivity index (χ3v) is 5.81. The molecule has 0 aliphatic carbocycles. The van der Waals surface area contributed by atoms with Crippen LogP contribution in [0.15, 0.2) is 73.1 Å². The number of benzene rings is 2. The molecule has 9 heteroatoms. The Morgan fingerprint density at radius 2 is 1.73 bits per heavy atom. The van der Waals surface area contributed by atoms with Gasteiger partial charge in [0.1, 0.15) is 17.2 Å². The summed E-state index contributed by atoms with van der Waals surface area (Å²) in [4.78, 5) is 37.3. The summed E-state index contributed by atoms with van der Waals surface area (Å²) in [5.41, 5.74) is 2.37. The lowest BCUT2D eigenvalue weighted by atomic mass is 10.1. The molecule has 0 fully saturated rings.